The van der Waals surface area contributed by atoms with Crippen LogP contribution in [0.3, 0.4) is 0 Å². The van der Waals surface area contributed by atoms with Crippen LogP contribution in [0.2, 0.25) is 0 Å². The number of aromatic nitrogens is 2. The van der Waals surface area contributed by atoms with Crippen LogP contribution in [0.25, 0.3) is 0 Å². The summed E-state index contributed by atoms with van der Waals surface area (Å²) < 4.78 is 7.71. The first-order valence-electron chi connectivity index (χ1n) is 8.59. The number of nitrogens with zero attached hydrogens (tertiary/aromatic N) is 4. The topological polar surface area (TPSA) is 50.6 Å². The Kier molecular flexibility index (Phi) is 2.94. The number of hydrogen-bond donors (Lipinski definition) is 0. The summed E-state index contributed by atoms with van der Waals surface area (Å²) in [6, 6.07) is 1.94. The number of hydrogen-bond acceptors (Lipinski definition) is 4. The lowest BCUT2D eigenvalue weighted by Crippen LogP contribution is -2.52. The molecule has 5 rings (SSSR count). The molecule has 122 valence electrons. The molecule has 5 atom stereocenters. The normalized spacial score (nSPS) is 39.4. The molecule has 0 spiro atoms. The van der Waals surface area contributed by atoms with Gasteiger partial charge in [-0.25, -0.2) is 0 Å². The Morgan fingerprint density at radius 2 is 1.96 bits per heavy atom. The molecule has 0 radical (unpaired) electrons. The first kappa shape index (κ1) is 13.7. The summed E-state index contributed by atoms with van der Waals surface area (Å²) in [4.78, 5) is 17.3. The number of aryl methyl sites for hydroxylation is 1. The Balaban J connectivity index is 1.34. The Morgan fingerprint density at radius 1 is 1.22 bits per heavy atom. The van der Waals surface area contributed by atoms with Crippen molar-refractivity contribution in [3.8, 4) is 0 Å². The molecule has 1 amide bonds. The van der Waals surface area contributed by atoms with Crippen LogP contribution in [0.4, 0.5) is 5.82 Å². The van der Waals surface area contributed by atoms with Gasteiger partial charge >= 0.3 is 0 Å². The van der Waals surface area contributed by atoms with E-state index in [2.05, 4.69) is 22.2 Å². The van der Waals surface area contributed by atoms with Crippen LogP contribution >= 0.6 is 0 Å². The van der Waals surface area contributed by atoms with Gasteiger partial charge in [0.15, 0.2) is 5.82 Å². The molecule has 0 N–H and O–H groups in total. The van der Waals surface area contributed by atoms with Gasteiger partial charge in [-0.05, 0) is 12.8 Å². The van der Waals surface area contributed by atoms with Gasteiger partial charge in [0.1, 0.15) is 0 Å². The SMILES string of the molecule is Cn1ccc(N2CCCC(N3CC4C5C=CC(O5)C4C3)C2=O)n1. The summed E-state index contributed by atoms with van der Waals surface area (Å²) in [5, 5.41) is 4.41. The summed E-state index contributed by atoms with van der Waals surface area (Å²) in [7, 11) is 1.89. The lowest BCUT2D eigenvalue weighted by molar-refractivity contribution is -0.125. The lowest BCUT2D eigenvalue weighted by Gasteiger charge is -2.36. The highest BCUT2D eigenvalue weighted by Crippen LogP contribution is 2.44. The highest BCUT2D eigenvalue weighted by atomic mass is 16.5. The molecule has 5 unspecified atom stereocenters. The monoisotopic (exact) mass is 314 g/mol. The van der Waals surface area contributed by atoms with Crippen molar-refractivity contribution in [2.24, 2.45) is 18.9 Å². The molecule has 4 aliphatic rings. The van der Waals surface area contributed by atoms with E-state index in [1.165, 1.54) is 0 Å². The third kappa shape index (κ3) is 2.01. The largest absolute Gasteiger partial charge is 0.366 e. The van der Waals surface area contributed by atoms with Gasteiger partial charge in [-0.3, -0.25) is 19.3 Å². The summed E-state index contributed by atoms with van der Waals surface area (Å²) in [5.41, 5.74) is 0. The van der Waals surface area contributed by atoms with Crippen molar-refractivity contribution in [3.63, 3.8) is 0 Å². The fourth-order valence-corrected chi connectivity index (χ4v) is 4.78. The van der Waals surface area contributed by atoms with Crippen LogP contribution in [0.1, 0.15) is 12.8 Å². The van der Waals surface area contributed by atoms with Crippen molar-refractivity contribution >= 4 is 11.7 Å². The summed E-state index contributed by atoms with van der Waals surface area (Å²) >= 11 is 0. The van der Waals surface area contributed by atoms with E-state index in [0.717, 1.165) is 38.3 Å². The third-order valence-electron chi connectivity index (χ3n) is 5.92. The molecule has 6 nitrogen and oxygen atoms in total. The second kappa shape index (κ2) is 4.92. The summed E-state index contributed by atoms with van der Waals surface area (Å²) in [6.07, 6.45) is 8.87. The third-order valence-corrected chi connectivity index (χ3v) is 5.92. The van der Waals surface area contributed by atoms with Crippen LogP contribution in [0.15, 0.2) is 24.4 Å². The highest BCUT2D eigenvalue weighted by molar-refractivity contribution is 5.97. The standard InChI is InChI=1S/C17H22N4O2/c1-19-8-6-16(18-19)21-7-2-3-13(17(21)22)20-9-11-12(10-20)15-5-4-14(11)23-15/h4-6,8,11-15H,2-3,7,9-10H2,1H3. The number of rotatable bonds is 2. The van der Waals surface area contributed by atoms with E-state index in [9.17, 15) is 4.79 Å². The molecule has 1 aromatic heterocycles. The number of carbonyl (C=O) groups is 1. The van der Waals surface area contributed by atoms with Crippen LogP contribution in [0, 0.1) is 11.8 Å². The first-order chi connectivity index (χ1) is 11.2. The minimum Gasteiger partial charge on any atom is -0.366 e. The van der Waals surface area contributed by atoms with Crippen molar-refractivity contribution in [2.45, 2.75) is 31.1 Å². The van der Waals surface area contributed by atoms with E-state index in [0.29, 0.717) is 11.8 Å². The van der Waals surface area contributed by atoms with E-state index in [1.54, 1.807) is 4.68 Å². The number of likely N-dealkylation sites (tertiary alicyclic amines) is 1. The van der Waals surface area contributed by atoms with Crippen molar-refractivity contribution < 1.29 is 9.53 Å². The molecule has 5 heterocycles. The fraction of sp³-hybridized carbons (Fsp3) is 0.647. The van der Waals surface area contributed by atoms with E-state index >= 15 is 0 Å². The number of anilines is 1. The van der Waals surface area contributed by atoms with Gasteiger partial charge in [0.05, 0.1) is 18.2 Å². The Hall–Kier alpha value is -1.66. The van der Waals surface area contributed by atoms with Gasteiger partial charge in [0.2, 0.25) is 5.91 Å². The fourth-order valence-electron chi connectivity index (χ4n) is 4.78. The average molecular weight is 314 g/mol. The minimum atomic E-state index is 0.00996. The van der Waals surface area contributed by atoms with Crippen molar-refractivity contribution in [1.82, 2.24) is 14.7 Å². The Bertz CT molecular complexity index is 649. The zero-order valence-electron chi connectivity index (χ0n) is 13.3. The molecule has 4 aliphatic heterocycles. The van der Waals surface area contributed by atoms with Gasteiger partial charge in [0, 0.05) is 50.8 Å². The predicted octanol–water partition coefficient (Wildman–Crippen LogP) is 0.801. The van der Waals surface area contributed by atoms with Gasteiger partial charge in [-0.2, -0.15) is 5.10 Å². The molecule has 6 heteroatoms. The van der Waals surface area contributed by atoms with E-state index in [1.807, 2.05) is 24.2 Å². The van der Waals surface area contributed by atoms with Crippen LogP contribution < -0.4 is 4.90 Å². The number of fused-ring (bicyclic) bond motifs is 5. The zero-order valence-corrected chi connectivity index (χ0v) is 13.3. The maximum absolute atomic E-state index is 13.0. The smallest absolute Gasteiger partial charge is 0.245 e. The highest BCUT2D eigenvalue weighted by Gasteiger charge is 2.52. The Morgan fingerprint density at radius 3 is 2.61 bits per heavy atom. The number of piperidine rings is 1. The van der Waals surface area contributed by atoms with Gasteiger partial charge in [0.25, 0.3) is 0 Å². The molecular formula is C17H22N4O2. The Labute approximate surface area is 135 Å². The molecule has 1 aromatic rings. The zero-order chi connectivity index (χ0) is 15.6. The second-order valence-electron chi connectivity index (χ2n) is 7.23. The maximum Gasteiger partial charge on any atom is 0.245 e. The minimum absolute atomic E-state index is 0.00996. The van der Waals surface area contributed by atoms with Crippen LogP contribution in [-0.4, -0.2) is 58.5 Å². The molecule has 0 aliphatic carbocycles. The molecule has 23 heavy (non-hydrogen) atoms. The lowest BCUT2D eigenvalue weighted by atomic mass is 9.86. The van der Waals surface area contributed by atoms with Gasteiger partial charge in [-0.1, -0.05) is 12.2 Å². The summed E-state index contributed by atoms with van der Waals surface area (Å²) in [6.45, 7) is 2.76. The molecule has 0 saturated carbocycles. The van der Waals surface area contributed by atoms with Crippen molar-refractivity contribution in [2.75, 3.05) is 24.5 Å². The summed E-state index contributed by atoms with van der Waals surface area (Å²) in [5.74, 6) is 2.15. The van der Waals surface area contributed by atoms with E-state index in [-0.39, 0.29) is 24.2 Å². The molecule has 0 aromatic carbocycles. The van der Waals surface area contributed by atoms with Gasteiger partial charge in [-0.15, -0.1) is 0 Å². The van der Waals surface area contributed by atoms with E-state index < -0.39 is 0 Å². The average Bonchev–Trinajstić information content (AvgIpc) is 3.29. The molecule has 3 fully saturated rings. The van der Waals surface area contributed by atoms with Crippen molar-refractivity contribution in [3.05, 3.63) is 24.4 Å². The predicted molar refractivity (Wildman–Crippen MR) is 84.9 cm³/mol. The quantitative estimate of drug-likeness (QED) is 0.758. The first-order valence-corrected chi connectivity index (χ1v) is 8.59. The molecular weight excluding hydrogens is 292 g/mol. The molecule has 3 saturated heterocycles. The van der Waals surface area contributed by atoms with Gasteiger partial charge < -0.3 is 4.74 Å². The number of ether oxygens (including phenoxy) is 1. The second-order valence-corrected chi connectivity index (χ2v) is 7.23. The van der Waals surface area contributed by atoms with Crippen LogP contribution in [-0.2, 0) is 16.6 Å². The van der Waals surface area contributed by atoms with E-state index in [4.69, 9.17) is 4.74 Å². The van der Waals surface area contributed by atoms with Crippen LogP contribution in [0.5, 0.6) is 0 Å². The maximum atomic E-state index is 13.0. The number of carbonyl (C=O) groups excluding carboxylic acids is 1. The van der Waals surface area contributed by atoms with Crippen molar-refractivity contribution in [1.29, 1.82) is 0 Å². The number of amides is 1. The molecule has 2 bridgehead atoms.